The maximum absolute atomic E-state index is 12.5. The fraction of sp³-hybridized carbons (Fsp3) is 0.316. The van der Waals surface area contributed by atoms with Crippen molar-refractivity contribution in [2.45, 2.75) is 39.0 Å². The van der Waals surface area contributed by atoms with Crippen molar-refractivity contribution in [2.24, 2.45) is 5.73 Å². The number of carbonyl (C=O) groups is 3. The summed E-state index contributed by atoms with van der Waals surface area (Å²) in [6, 6.07) is 6.45. The molecule has 0 saturated carbocycles. The third-order valence-electron chi connectivity index (χ3n) is 4.45. The van der Waals surface area contributed by atoms with Gasteiger partial charge < -0.3 is 11.1 Å². The first-order valence-electron chi connectivity index (χ1n) is 8.34. The lowest BCUT2D eigenvalue weighted by atomic mass is 10.0. The number of hydrogen-bond donors (Lipinski definition) is 2. The molecule has 0 aliphatic heterocycles. The van der Waals surface area contributed by atoms with E-state index in [1.807, 2.05) is 0 Å². The summed E-state index contributed by atoms with van der Waals surface area (Å²) in [7, 11) is 0. The Hall–Kier alpha value is -2.47. The van der Waals surface area contributed by atoms with Crippen LogP contribution in [-0.2, 0) is 12.8 Å². The minimum atomic E-state index is -0.498. The summed E-state index contributed by atoms with van der Waals surface area (Å²) < 4.78 is 0. The van der Waals surface area contributed by atoms with Crippen LogP contribution in [0, 0.1) is 0 Å². The molecule has 1 heterocycles. The van der Waals surface area contributed by atoms with Gasteiger partial charge in [-0.15, -0.1) is 11.3 Å². The molecule has 3 N–H and O–H groups in total. The van der Waals surface area contributed by atoms with Crippen LogP contribution in [0.3, 0.4) is 0 Å². The molecule has 1 aliphatic carbocycles. The number of nitrogens with one attached hydrogen (secondary N) is 1. The van der Waals surface area contributed by atoms with Crippen molar-refractivity contribution in [2.75, 3.05) is 5.32 Å². The molecular formula is C19H20N2O3S. The van der Waals surface area contributed by atoms with Gasteiger partial charge >= 0.3 is 0 Å². The predicted molar refractivity (Wildman–Crippen MR) is 98.5 cm³/mol. The molecule has 0 spiro atoms. The number of aryl methyl sites for hydroxylation is 1. The molecule has 0 fully saturated rings. The largest absolute Gasteiger partial charge is 0.365 e. The summed E-state index contributed by atoms with van der Waals surface area (Å²) in [5.74, 6) is -0.861. The number of nitrogens with two attached hydrogens (primary N) is 1. The van der Waals surface area contributed by atoms with Crippen molar-refractivity contribution >= 4 is 33.9 Å². The van der Waals surface area contributed by atoms with E-state index in [4.69, 9.17) is 5.73 Å². The summed E-state index contributed by atoms with van der Waals surface area (Å²) in [6.45, 7) is 1.48. The molecule has 0 saturated heterocycles. The standard InChI is InChI=1S/C19H20N2O3S/c1-11(22)12-7-9-13(10-8-12)18(24)21-19-16(17(20)23)14-5-3-2-4-6-15(14)25-19/h7-10H,2-6H2,1H3,(H2,20,23)(H,21,24). The van der Waals surface area contributed by atoms with Crippen LogP contribution in [-0.4, -0.2) is 17.6 Å². The normalized spacial score (nSPS) is 13.6. The van der Waals surface area contributed by atoms with Gasteiger partial charge in [-0.25, -0.2) is 0 Å². The molecule has 3 rings (SSSR count). The zero-order valence-corrected chi connectivity index (χ0v) is 14.9. The van der Waals surface area contributed by atoms with E-state index in [1.54, 1.807) is 24.3 Å². The molecule has 5 nitrogen and oxygen atoms in total. The molecule has 2 amide bonds. The Kier molecular flexibility index (Phi) is 4.99. The molecule has 25 heavy (non-hydrogen) atoms. The van der Waals surface area contributed by atoms with E-state index in [2.05, 4.69) is 5.32 Å². The van der Waals surface area contributed by atoms with Gasteiger partial charge in [-0.05, 0) is 50.3 Å². The number of hydrogen-bond acceptors (Lipinski definition) is 4. The monoisotopic (exact) mass is 356 g/mol. The van der Waals surface area contributed by atoms with Gasteiger partial charge in [0.15, 0.2) is 5.78 Å². The van der Waals surface area contributed by atoms with Gasteiger partial charge in [0.2, 0.25) is 0 Å². The highest BCUT2D eigenvalue weighted by atomic mass is 32.1. The lowest BCUT2D eigenvalue weighted by Crippen LogP contribution is -2.18. The van der Waals surface area contributed by atoms with Crippen LogP contribution < -0.4 is 11.1 Å². The van der Waals surface area contributed by atoms with Crippen molar-refractivity contribution < 1.29 is 14.4 Å². The Bertz CT molecular complexity index is 837. The SMILES string of the molecule is CC(=O)c1ccc(C(=O)Nc2sc3c(c2C(N)=O)CCCCC3)cc1. The highest BCUT2D eigenvalue weighted by Crippen LogP contribution is 2.37. The summed E-state index contributed by atoms with van der Waals surface area (Å²) in [4.78, 5) is 36.9. The van der Waals surface area contributed by atoms with Crippen molar-refractivity contribution in [1.29, 1.82) is 0 Å². The predicted octanol–water partition coefficient (Wildman–Crippen LogP) is 3.57. The van der Waals surface area contributed by atoms with Crippen LogP contribution in [0.4, 0.5) is 5.00 Å². The van der Waals surface area contributed by atoms with Crippen molar-refractivity contribution in [3.63, 3.8) is 0 Å². The van der Waals surface area contributed by atoms with Gasteiger partial charge in [0.1, 0.15) is 5.00 Å². The van der Waals surface area contributed by atoms with Crippen LogP contribution in [0.25, 0.3) is 0 Å². The summed E-state index contributed by atoms with van der Waals surface area (Å²) in [5.41, 5.74) is 8.02. The number of anilines is 1. The van der Waals surface area contributed by atoms with Gasteiger partial charge in [0.25, 0.3) is 11.8 Å². The first-order valence-corrected chi connectivity index (χ1v) is 9.15. The molecule has 0 bridgehead atoms. The van der Waals surface area contributed by atoms with Crippen molar-refractivity contribution in [3.8, 4) is 0 Å². The number of thiophene rings is 1. The molecule has 1 aromatic carbocycles. The van der Waals surface area contributed by atoms with Crippen molar-refractivity contribution in [1.82, 2.24) is 0 Å². The van der Waals surface area contributed by atoms with Crippen LogP contribution in [0.1, 0.15) is 67.7 Å². The molecule has 130 valence electrons. The minimum absolute atomic E-state index is 0.0510. The molecule has 0 atom stereocenters. The molecular weight excluding hydrogens is 336 g/mol. The lowest BCUT2D eigenvalue weighted by molar-refractivity contribution is 0.0995. The molecule has 0 radical (unpaired) electrons. The fourth-order valence-electron chi connectivity index (χ4n) is 3.12. The van der Waals surface area contributed by atoms with Gasteiger partial charge in [0, 0.05) is 16.0 Å². The topological polar surface area (TPSA) is 89.3 Å². The first-order chi connectivity index (χ1) is 12.0. The zero-order valence-electron chi connectivity index (χ0n) is 14.1. The lowest BCUT2D eigenvalue weighted by Gasteiger charge is -2.07. The van der Waals surface area contributed by atoms with E-state index in [9.17, 15) is 14.4 Å². The Balaban J connectivity index is 1.88. The number of fused-ring (bicyclic) bond motifs is 1. The Morgan fingerprint density at radius 3 is 2.28 bits per heavy atom. The maximum atomic E-state index is 12.5. The number of carbonyl (C=O) groups excluding carboxylic acids is 3. The smallest absolute Gasteiger partial charge is 0.256 e. The highest BCUT2D eigenvalue weighted by Gasteiger charge is 2.24. The molecule has 1 aliphatic rings. The number of amides is 2. The van der Waals surface area contributed by atoms with E-state index in [1.165, 1.54) is 18.3 Å². The quantitative estimate of drug-likeness (QED) is 0.648. The Morgan fingerprint density at radius 1 is 1.00 bits per heavy atom. The second kappa shape index (κ2) is 7.19. The van der Waals surface area contributed by atoms with E-state index < -0.39 is 5.91 Å². The van der Waals surface area contributed by atoms with E-state index in [0.717, 1.165) is 42.5 Å². The zero-order chi connectivity index (χ0) is 18.0. The van der Waals surface area contributed by atoms with Crippen LogP contribution in [0.15, 0.2) is 24.3 Å². The molecule has 1 aromatic heterocycles. The summed E-state index contributed by atoms with van der Waals surface area (Å²) >= 11 is 1.45. The molecule has 0 unspecified atom stereocenters. The second-order valence-corrected chi connectivity index (χ2v) is 7.33. The Morgan fingerprint density at radius 2 is 1.64 bits per heavy atom. The second-order valence-electron chi connectivity index (χ2n) is 6.22. The molecule has 6 heteroatoms. The van der Waals surface area contributed by atoms with E-state index in [-0.39, 0.29) is 11.7 Å². The van der Waals surface area contributed by atoms with E-state index >= 15 is 0 Å². The van der Waals surface area contributed by atoms with Gasteiger partial charge in [-0.1, -0.05) is 18.6 Å². The number of rotatable bonds is 4. The third kappa shape index (κ3) is 3.64. The number of ketones is 1. The van der Waals surface area contributed by atoms with Crippen molar-refractivity contribution in [3.05, 3.63) is 51.4 Å². The average molecular weight is 356 g/mol. The number of Topliss-reactive ketones (excluding diaryl/α,β-unsaturated/α-hetero) is 1. The number of benzene rings is 1. The van der Waals surface area contributed by atoms with Gasteiger partial charge in [-0.3, -0.25) is 14.4 Å². The van der Waals surface area contributed by atoms with E-state index in [0.29, 0.717) is 21.7 Å². The fourth-order valence-corrected chi connectivity index (χ4v) is 4.41. The summed E-state index contributed by atoms with van der Waals surface area (Å²) in [6.07, 6.45) is 5.01. The van der Waals surface area contributed by atoms with Crippen LogP contribution in [0.2, 0.25) is 0 Å². The van der Waals surface area contributed by atoms with Crippen LogP contribution >= 0.6 is 11.3 Å². The van der Waals surface area contributed by atoms with Gasteiger partial charge in [-0.2, -0.15) is 0 Å². The number of primary amides is 1. The van der Waals surface area contributed by atoms with Gasteiger partial charge in [0.05, 0.1) is 5.56 Å². The summed E-state index contributed by atoms with van der Waals surface area (Å²) in [5, 5.41) is 3.36. The van der Waals surface area contributed by atoms with Crippen LogP contribution in [0.5, 0.6) is 0 Å². The minimum Gasteiger partial charge on any atom is -0.365 e. The molecule has 2 aromatic rings. The highest BCUT2D eigenvalue weighted by molar-refractivity contribution is 7.17. The third-order valence-corrected chi connectivity index (χ3v) is 5.66. The first kappa shape index (κ1) is 17.4. The Labute approximate surface area is 150 Å². The average Bonchev–Trinajstić information content (AvgIpc) is 2.76. The maximum Gasteiger partial charge on any atom is 0.256 e.